The van der Waals surface area contributed by atoms with Crippen molar-refractivity contribution in [1.29, 1.82) is 0 Å². The molecule has 0 spiro atoms. The van der Waals surface area contributed by atoms with E-state index < -0.39 is 0 Å². The van der Waals surface area contributed by atoms with Gasteiger partial charge in [0, 0.05) is 23.9 Å². The maximum Gasteiger partial charge on any atom is 0.275 e. The molecule has 21 heavy (non-hydrogen) atoms. The van der Waals surface area contributed by atoms with Gasteiger partial charge in [-0.1, -0.05) is 11.6 Å². The third-order valence-electron chi connectivity index (χ3n) is 2.94. The van der Waals surface area contributed by atoms with Gasteiger partial charge < -0.3 is 14.8 Å². The van der Waals surface area contributed by atoms with Gasteiger partial charge in [-0.25, -0.2) is 4.98 Å². The van der Waals surface area contributed by atoms with Gasteiger partial charge in [0.05, 0.1) is 28.9 Å². The van der Waals surface area contributed by atoms with E-state index in [0.717, 1.165) is 11.4 Å². The highest BCUT2D eigenvalue weighted by atomic mass is 35.5. The number of nitrogens with one attached hydrogen (secondary N) is 1. The van der Waals surface area contributed by atoms with Crippen LogP contribution in [0.4, 0.5) is 5.69 Å². The Labute approximate surface area is 130 Å². The van der Waals surface area contributed by atoms with E-state index in [0.29, 0.717) is 41.1 Å². The minimum Gasteiger partial charge on any atom is -0.490 e. The number of hydrogen-bond acceptors (Lipinski definition) is 5. The van der Waals surface area contributed by atoms with Gasteiger partial charge in [-0.3, -0.25) is 4.79 Å². The normalized spacial score (nSPS) is 13.6. The lowest BCUT2D eigenvalue weighted by atomic mass is 10.2. The summed E-state index contributed by atoms with van der Waals surface area (Å²) in [5, 5.41) is 5.70. The summed E-state index contributed by atoms with van der Waals surface area (Å²) < 4.78 is 11.1. The van der Waals surface area contributed by atoms with Gasteiger partial charge in [-0.2, -0.15) is 0 Å². The van der Waals surface area contributed by atoms with Crippen LogP contribution in [0.2, 0.25) is 5.02 Å². The topological polar surface area (TPSA) is 60.5 Å². The zero-order valence-electron chi connectivity index (χ0n) is 11.3. The van der Waals surface area contributed by atoms with E-state index in [1.807, 2.05) is 6.92 Å². The van der Waals surface area contributed by atoms with Gasteiger partial charge in [-0.05, 0) is 6.92 Å². The van der Waals surface area contributed by atoms with E-state index in [4.69, 9.17) is 21.1 Å². The molecule has 2 aromatic rings. The van der Waals surface area contributed by atoms with Crippen LogP contribution in [0.25, 0.3) is 0 Å². The molecular formula is C14H13ClN2O3S. The number of anilines is 1. The molecule has 1 N–H and O–H groups in total. The monoisotopic (exact) mass is 324 g/mol. The lowest BCUT2D eigenvalue weighted by Crippen LogP contribution is -2.13. The summed E-state index contributed by atoms with van der Waals surface area (Å²) in [7, 11) is 0. The molecule has 5 nitrogen and oxygen atoms in total. The summed E-state index contributed by atoms with van der Waals surface area (Å²) in [4.78, 5) is 16.3. The van der Waals surface area contributed by atoms with Crippen LogP contribution in [0.1, 0.15) is 21.9 Å². The summed E-state index contributed by atoms with van der Waals surface area (Å²) in [5.74, 6) is 0.886. The molecule has 0 saturated heterocycles. The molecule has 0 aliphatic carbocycles. The Morgan fingerprint density at radius 1 is 1.33 bits per heavy atom. The van der Waals surface area contributed by atoms with Crippen LogP contribution >= 0.6 is 22.9 Å². The molecule has 0 saturated carbocycles. The first-order valence-electron chi connectivity index (χ1n) is 6.46. The Hall–Kier alpha value is -1.79. The Balaban J connectivity index is 1.85. The minimum atomic E-state index is -0.296. The average molecular weight is 325 g/mol. The molecule has 1 aliphatic heterocycles. The molecule has 3 rings (SSSR count). The zero-order valence-corrected chi connectivity index (χ0v) is 12.9. The van der Waals surface area contributed by atoms with E-state index in [9.17, 15) is 4.79 Å². The van der Waals surface area contributed by atoms with Crippen molar-refractivity contribution >= 4 is 34.5 Å². The summed E-state index contributed by atoms with van der Waals surface area (Å²) in [6.45, 7) is 3.02. The third-order valence-corrected chi connectivity index (χ3v) is 4.02. The van der Waals surface area contributed by atoms with Crippen LogP contribution in [0.15, 0.2) is 17.5 Å². The number of halogens is 1. The van der Waals surface area contributed by atoms with Crippen LogP contribution in [-0.2, 0) is 0 Å². The standard InChI is InChI=1S/C14H13ClN2O3S/c1-8-16-11(7-21-8)14(18)17-10-6-13-12(5-9(10)15)19-3-2-4-20-13/h5-7H,2-4H2,1H3,(H,17,18). The van der Waals surface area contributed by atoms with Crippen molar-refractivity contribution in [3.05, 3.63) is 33.2 Å². The first-order valence-corrected chi connectivity index (χ1v) is 7.72. The fourth-order valence-corrected chi connectivity index (χ4v) is 2.73. The lowest BCUT2D eigenvalue weighted by Gasteiger charge is -2.12. The fraction of sp³-hybridized carbons (Fsp3) is 0.286. The second-order valence-corrected chi connectivity index (χ2v) is 6.00. The maximum absolute atomic E-state index is 12.1. The van der Waals surface area contributed by atoms with Crippen molar-refractivity contribution in [1.82, 2.24) is 4.98 Å². The quantitative estimate of drug-likeness (QED) is 0.918. The molecule has 1 aromatic carbocycles. The van der Waals surface area contributed by atoms with Crippen LogP contribution in [-0.4, -0.2) is 24.1 Å². The maximum atomic E-state index is 12.1. The number of ether oxygens (including phenoxy) is 2. The van der Waals surface area contributed by atoms with Crippen LogP contribution in [0.5, 0.6) is 11.5 Å². The predicted molar refractivity (Wildman–Crippen MR) is 81.9 cm³/mol. The lowest BCUT2D eigenvalue weighted by molar-refractivity contribution is 0.102. The van der Waals surface area contributed by atoms with E-state index in [2.05, 4.69) is 10.3 Å². The number of aromatic nitrogens is 1. The first kappa shape index (κ1) is 14.2. The van der Waals surface area contributed by atoms with Crippen molar-refractivity contribution in [2.24, 2.45) is 0 Å². The predicted octanol–water partition coefficient (Wildman–Crippen LogP) is 3.52. The number of fused-ring (bicyclic) bond motifs is 1. The van der Waals surface area contributed by atoms with Gasteiger partial charge in [-0.15, -0.1) is 11.3 Å². The number of aryl methyl sites for hydroxylation is 1. The molecule has 1 aromatic heterocycles. The number of thiazole rings is 1. The number of rotatable bonds is 2. The van der Waals surface area contributed by atoms with Gasteiger partial charge in [0.2, 0.25) is 0 Å². The number of carbonyl (C=O) groups is 1. The molecule has 0 radical (unpaired) electrons. The largest absolute Gasteiger partial charge is 0.490 e. The molecule has 0 bridgehead atoms. The second-order valence-electron chi connectivity index (χ2n) is 4.54. The molecule has 0 atom stereocenters. The van der Waals surface area contributed by atoms with Crippen molar-refractivity contribution in [3.8, 4) is 11.5 Å². The highest BCUT2D eigenvalue weighted by molar-refractivity contribution is 7.09. The smallest absolute Gasteiger partial charge is 0.275 e. The highest BCUT2D eigenvalue weighted by Gasteiger charge is 2.17. The molecule has 0 unspecified atom stereocenters. The summed E-state index contributed by atoms with van der Waals surface area (Å²) in [6.07, 6.45) is 0.812. The van der Waals surface area contributed by atoms with Crippen molar-refractivity contribution in [2.45, 2.75) is 13.3 Å². The van der Waals surface area contributed by atoms with Gasteiger partial charge in [0.25, 0.3) is 5.91 Å². The van der Waals surface area contributed by atoms with Crippen molar-refractivity contribution in [2.75, 3.05) is 18.5 Å². The van der Waals surface area contributed by atoms with Gasteiger partial charge in [0.15, 0.2) is 11.5 Å². The Morgan fingerprint density at radius 3 is 2.71 bits per heavy atom. The van der Waals surface area contributed by atoms with E-state index in [1.54, 1.807) is 17.5 Å². The number of nitrogens with zero attached hydrogens (tertiary/aromatic N) is 1. The van der Waals surface area contributed by atoms with Crippen LogP contribution < -0.4 is 14.8 Å². The Bertz CT molecular complexity index is 687. The molecule has 0 fully saturated rings. The van der Waals surface area contributed by atoms with Gasteiger partial charge >= 0.3 is 0 Å². The van der Waals surface area contributed by atoms with Crippen LogP contribution in [0.3, 0.4) is 0 Å². The van der Waals surface area contributed by atoms with Crippen molar-refractivity contribution < 1.29 is 14.3 Å². The second kappa shape index (κ2) is 5.91. The summed E-state index contributed by atoms with van der Waals surface area (Å²) in [5.41, 5.74) is 0.859. The van der Waals surface area contributed by atoms with Crippen LogP contribution in [0, 0.1) is 6.92 Å². The first-order chi connectivity index (χ1) is 10.1. The minimum absolute atomic E-state index is 0.296. The molecule has 2 heterocycles. The Kier molecular flexibility index (Phi) is 3.98. The number of hydrogen-bond donors (Lipinski definition) is 1. The summed E-state index contributed by atoms with van der Waals surface area (Å²) in [6, 6.07) is 3.34. The van der Waals surface area contributed by atoms with E-state index in [1.165, 1.54) is 11.3 Å². The number of amides is 1. The molecule has 1 aliphatic rings. The van der Waals surface area contributed by atoms with E-state index >= 15 is 0 Å². The third kappa shape index (κ3) is 3.11. The highest BCUT2D eigenvalue weighted by Crippen LogP contribution is 2.37. The molecule has 7 heteroatoms. The SMILES string of the molecule is Cc1nc(C(=O)Nc2cc3c(cc2Cl)OCCCO3)cs1. The van der Waals surface area contributed by atoms with Crippen molar-refractivity contribution in [3.63, 3.8) is 0 Å². The summed E-state index contributed by atoms with van der Waals surface area (Å²) >= 11 is 7.61. The zero-order chi connectivity index (χ0) is 14.8. The Morgan fingerprint density at radius 2 is 2.05 bits per heavy atom. The van der Waals surface area contributed by atoms with E-state index in [-0.39, 0.29) is 5.91 Å². The van der Waals surface area contributed by atoms with Gasteiger partial charge in [0.1, 0.15) is 5.69 Å². The number of benzene rings is 1. The molecule has 110 valence electrons. The fourth-order valence-electron chi connectivity index (χ4n) is 1.93. The molecule has 1 amide bonds. The number of carbonyl (C=O) groups excluding carboxylic acids is 1. The molecular weight excluding hydrogens is 312 g/mol. The average Bonchev–Trinajstić information content (AvgIpc) is 2.76.